The van der Waals surface area contributed by atoms with Crippen LogP contribution in [0.1, 0.15) is 23.0 Å². The van der Waals surface area contributed by atoms with Gasteiger partial charge in [0.2, 0.25) is 0 Å². The highest BCUT2D eigenvalue weighted by molar-refractivity contribution is 7.12. The molecule has 4 heteroatoms. The van der Waals surface area contributed by atoms with Crippen molar-refractivity contribution in [3.8, 4) is 0 Å². The van der Waals surface area contributed by atoms with E-state index in [-0.39, 0.29) is 17.6 Å². The van der Waals surface area contributed by atoms with Gasteiger partial charge in [-0.3, -0.25) is 9.59 Å². The van der Waals surface area contributed by atoms with E-state index < -0.39 is 0 Å². The van der Waals surface area contributed by atoms with Gasteiger partial charge in [-0.2, -0.15) is 0 Å². The highest BCUT2D eigenvalue weighted by Crippen LogP contribution is 2.17. The molecule has 3 nitrogen and oxygen atoms in total. The molecule has 1 aromatic rings. The van der Waals surface area contributed by atoms with E-state index in [0.29, 0.717) is 19.5 Å². The van der Waals surface area contributed by atoms with E-state index in [0.717, 1.165) is 4.88 Å². The van der Waals surface area contributed by atoms with Gasteiger partial charge in [0.25, 0.3) is 5.91 Å². The molecule has 2 heterocycles. The number of nitrogens with zero attached hydrogens (tertiary/aromatic N) is 1. The van der Waals surface area contributed by atoms with Crippen LogP contribution in [0.3, 0.4) is 0 Å². The van der Waals surface area contributed by atoms with Crippen molar-refractivity contribution < 1.29 is 9.59 Å². The second kappa shape index (κ2) is 4.14. The molecular weight excluding hydrogens is 210 g/mol. The van der Waals surface area contributed by atoms with Crippen LogP contribution in [0.5, 0.6) is 0 Å². The summed E-state index contributed by atoms with van der Waals surface area (Å²) in [4.78, 5) is 25.8. The number of carbonyl (C=O) groups is 2. The van der Waals surface area contributed by atoms with Crippen molar-refractivity contribution in [3.63, 3.8) is 0 Å². The number of likely N-dealkylation sites (tertiary alicyclic amines) is 1. The number of thiophene rings is 1. The third-order valence-corrected chi connectivity index (χ3v) is 3.55. The highest BCUT2D eigenvalue weighted by Gasteiger charge is 2.27. The Morgan fingerprint density at radius 1 is 1.60 bits per heavy atom. The zero-order chi connectivity index (χ0) is 10.8. The maximum absolute atomic E-state index is 11.9. The molecule has 0 spiro atoms. The quantitative estimate of drug-likeness (QED) is 0.728. The third-order valence-electron chi connectivity index (χ3n) is 2.69. The third kappa shape index (κ3) is 2.09. The zero-order valence-electron chi connectivity index (χ0n) is 8.60. The lowest BCUT2D eigenvalue weighted by atomic mass is 9.98. The lowest BCUT2D eigenvalue weighted by molar-refractivity contribution is -0.124. The average molecular weight is 223 g/mol. The van der Waals surface area contributed by atoms with Crippen molar-refractivity contribution in [1.29, 1.82) is 0 Å². The van der Waals surface area contributed by atoms with Crippen LogP contribution in [0.15, 0.2) is 17.5 Å². The van der Waals surface area contributed by atoms with Crippen LogP contribution < -0.4 is 0 Å². The van der Waals surface area contributed by atoms with Gasteiger partial charge < -0.3 is 4.90 Å². The molecule has 1 unspecified atom stereocenters. The molecule has 1 atom stereocenters. The molecule has 1 saturated heterocycles. The smallest absolute Gasteiger partial charge is 0.263 e. The second-order valence-corrected chi connectivity index (χ2v) is 4.79. The molecule has 1 aromatic heterocycles. The van der Waals surface area contributed by atoms with Gasteiger partial charge in [0.15, 0.2) is 0 Å². The van der Waals surface area contributed by atoms with Gasteiger partial charge in [-0.25, -0.2) is 0 Å². The Kier molecular flexibility index (Phi) is 2.86. The SMILES string of the molecule is CC1CN(C(=O)c2cccs2)CCC1=O. The summed E-state index contributed by atoms with van der Waals surface area (Å²) in [6, 6.07) is 3.70. The van der Waals surface area contributed by atoms with Gasteiger partial charge in [0, 0.05) is 25.4 Å². The van der Waals surface area contributed by atoms with E-state index in [9.17, 15) is 9.59 Å². The molecule has 0 bridgehead atoms. The predicted octanol–water partition coefficient (Wildman–Crippen LogP) is 1.80. The van der Waals surface area contributed by atoms with Crippen LogP contribution in [0.25, 0.3) is 0 Å². The normalized spacial score (nSPS) is 21.8. The molecule has 0 saturated carbocycles. The van der Waals surface area contributed by atoms with Gasteiger partial charge in [0.05, 0.1) is 4.88 Å². The Morgan fingerprint density at radius 2 is 2.40 bits per heavy atom. The molecule has 0 aliphatic carbocycles. The maximum atomic E-state index is 11.9. The van der Waals surface area contributed by atoms with E-state index in [1.807, 2.05) is 24.4 Å². The topological polar surface area (TPSA) is 37.4 Å². The lowest BCUT2D eigenvalue weighted by Crippen LogP contribution is -2.42. The minimum atomic E-state index is -0.0114. The fraction of sp³-hybridized carbons (Fsp3) is 0.455. The first kappa shape index (κ1) is 10.4. The second-order valence-electron chi connectivity index (χ2n) is 3.85. The molecule has 0 aromatic carbocycles. The average Bonchev–Trinajstić information content (AvgIpc) is 2.74. The van der Waals surface area contributed by atoms with Crippen LogP contribution in [-0.4, -0.2) is 29.7 Å². The molecule has 0 N–H and O–H groups in total. The van der Waals surface area contributed by atoms with Gasteiger partial charge >= 0.3 is 0 Å². The largest absolute Gasteiger partial charge is 0.337 e. The van der Waals surface area contributed by atoms with Crippen molar-refractivity contribution in [1.82, 2.24) is 4.90 Å². The molecule has 2 rings (SSSR count). The van der Waals surface area contributed by atoms with Crippen LogP contribution in [0, 0.1) is 5.92 Å². The van der Waals surface area contributed by atoms with E-state index >= 15 is 0 Å². The molecule has 15 heavy (non-hydrogen) atoms. The molecule has 1 aliphatic rings. The maximum Gasteiger partial charge on any atom is 0.263 e. The van der Waals surface area contributed by atoms with Crippen LogP contribution in [0.4, 0.5) is 0 Å². The van der Waals surface area contributed by atoms with Crippen molar-refractivity contribution >= 4 is 23.0 Å². The fourth-order valence-corrected chi connectivity index (χ4v) is 2.45. The molecule has 1 fully saturated rings. The van der Waals surface area contributed by atoms with E-state index in [1.165, 1.54) is 11.3 Å². The van der Waals surface area contributed by atoms with Crippen LogP contribution in [-0.2, 0) is 4.79 Å². The highest BCUT2D eigenvalue weighted by atomic mass is 32.1. The van der Waals surface area contributed by atoms with Gasteiger partial charge in [0.1, 0.15) is 5.78 Å². The number of amides is 1. The number of piperidine rings is 1. The number of ketones is 1. The first-order chi connectivity index (χ1) is 7.18. The summed E-state index contributed by atoms with van der Waals surface area (Å²) in [5.74, 6) is 0.317. The zero-order valence-corrected chi connectivity index (χ0v) is 9.42. The standard InChI is InChI=1S/C11H13NO2S/c1-8-7-12(5-4-9(8)13)11(14)10-3-2-6-15-10/h2-3,6,8H,4-5,7H2,1H3. The first-order valence-corrected chi connectivity index (χ1v) is 5.92. The molecule has 80 valence electrons. The summed E-state index contributed by atoms with van der Waals surface area (Å²) in [6.45, 7) is 3.02. The minimum Gasteiger partial charge on any atom is -0.337 e. The number of carbonyl (C=O) groups excluding carboxylic acids is 2. The Bertz CT molecular complexity index is 372. The Labute approximate surface area is 92.7 Å². The summed E-state index contributed by atoms with van der Waals surface area (Å²) in [6.07, 6.45) is 0.498. The molecule has 0 radical (unpaired) electrons. The Balaban J connectivity index is 2.06. The Morgan fingerprint density at radius 3 is 3.00 bits per heavy atom. The fourth-order valence-electron chi connectivity index (χ4n) is 1.76. The van der Waals surface area contributed by atoms with E-state index in [2.05, 4.69) is 0 Å². The van der Waals surface area contributed by atoms with Gasteiger partial charge in [-0.1, -0.05) is 13.0 Å². The number of rotatable bonds is 1. The summed E-state index contributed by atoms with van der Waals surface area (Å²) in [7, 11) is 0. The molecular formula is C11H13NO2S. The van der Waals surface area contributed by atoms with Crippen LogP contribution >= 0.6 is 11.3 Å². The summed E-state index contributed by atoms with van der Waals surface area (Å²) in [5, 5.41) is 1.89. The minimum absolute atomic E-state index is 0.0114. The first-order valence-electron chi connectivity index (χ1n) is 5.04. The van der Waals surface area contributed by atoms with E-state index in [1.54, 1.807) is 4.90 Å². The molecule has 1 aliphatic heterocycles. The van der Waals surface area contributed by atoms with Crippen molar-refractivity contribution in [3.05, 3.63) is 22.4 Å². The molecule has 1 amide bonds. The lowest BCUT2D eigenvalue weighted by Gasteiger charge is -2.29. The van der Waals surface area contributed by atoms with Gasteiger partial charge in [-0.15, -0.1) is 11.3 Å². The monoisotopic (exact) mass is 223 g/mol. The van der Waals surface area contributed by atoms with Crippen molar-refractivity contribution in [2.75, 3.05) is 13.1 Å². The number of hydrogen-bond donors (Lipinski definition) is 0. The summed E-state index contributed by atoms with van der Waals surface area (Å²) < 4.78 is 0. The predicted molar refractivity (Wildman–Crippen MR) is 59.0 cm³/mol. The van der Waals surface area contributed by atoms with E-state index in [4.69, 9.17) is 0 Å². The summed E-state index contributed by atoms with van der Waals surface area (Å²) in [5.41, 5.74) is 0. The van der Waals surface area contributed by atoms with Gasteiger partial charge in [-0.05, 0) is 11.4 Å². The van der Waals surface area contributed by atoms with Crippen molar-refractivity contribution in [2.24, 2.45) is 5.92 Å². The van der Waals surface area contributed by atoms with Crippen LogP contribution in [0.2, 0.25) is 0 Å². The van der Waals surface area contributed by atoms with Crippen molar-refractivity contribution in [2.45, 2.75) is 13.3 Å². The number of Topliss-reactive ketones (excluding diaryl/α,β-unsaturated/α-hetero) is 1. The number of hydrogen-bond acceptors (Lipinski definition) is 3. The Hall–Kier alpha value is -1.16. The summed E-state index contributed by atoms with van der Waals surface area (Å²) >= 11 is 1.45.